The molecule has 0 spiro atoms. The van der Waals surface area contributed by atoms with Crippen LogP contribution in [0.5, 0.6) is 0 Å². The Morgan fingerprint density at radius 3 is 2.65 bits per heavy atom. The van der Waals surface area contributed by atoms with E-state index in [-0.39, 0.29) is 5.91 Å². The van der Waals surface area contributed by atoms with E-state index >= 15 is 0 Å². The van der Waals surface area contributed by atoms with E-state index in [9.17, 15) is 4.79 Å². The summed E-state index contributed by atoms with van der Waals surface area (Å²) in [4.78, 5) is 13.9. The van der Waals surface area contributed by atoms with Crippen LogP contribution in [0.15, 0.2) is 0 Å². The van der Waals surface area contributed by atoms with Crippen LogP contribution in [-0.4, -0.2) is 48.2 Å². The number of amides is 1. The van der Waals surface area contributed by atoms with Crippen molar-refractivity contribution in [2.24, 2.45) is 0 Å². The van der Waals surface area contributed by atoms with E-state index in [1.165, 1.54) is 0 Å². The van der Waals surface area contributed by atoms with Gasteiger partial charge < -0.3 is 15.3 Å². The third-order valence-electron chi connectivity index (χ3n) is 3.31. The van der Waals surface area contributed by atoms with Crippen LogP contribution < -0.4 is 5.32 Å². The number of carbonyl (C=O) groups excluding carboxylic acids is 1. The molecule has 0 radical (unpaired) electrons. The average molecular weight is 242 g/mol. The zero-order valence-corrected chi connectivity index (χ0v) is 11.0. The van der Waals surface area contributed by atoms with Gasteiger partial charge in [-0.1, -0.05) is 6.92 Å². The summed E-state index contributed by atoms with van der Waals surface area (Å²) in [6.07, 6.45) is 5.67. The van der Waals surface area contributed by atoms with Crippen LogP contribution in [0.25, 0.3) is 0 Å². The molecule has 1 aliphatic rings. The zero-order chi connectivity index (χ0) is 12.5. The second-order valence-electron chi connectivity index (χ2n) is 4.86. The number of rotatable bonds is 7. The SMILES string of the molecule is CCCC(=O)NC1CCN(CCCCO)CC1. The van der Waals surface area contributed by atoms with Crippen molar-refractivity contribution in [2.45, 2.75) is 51.5 Å². The van der Waals surface area contributed by atoms with Gasteiger partial charge in [0, 0.05) is 32.2 Å². The number of likely N-dealkylation sites (tertiary alicyclic amines) is 1. The summed E-state index contributed by atoms with van der Waals surface area (Å²) in [5.74, 6) is 0.200. The largest absolute Gasteiger partial charge is 0.396 e. The Hall–Kier alpha value is -0.610. The Labute approximate surface area is 104 Å². The van der Waals surface area contributed by atoms with Gasteiger partial charge in [0.15, 0.2) is 0 Å². The van der Waals surface area contributed by atoms with E-state index in [0.29, 0.717) is 19.1 Å². The Bertz CT molecular complexity index is 213. The monoisotopic (exact) mass is 242 g/mol. The van der Waals surface area contributed by atoms with Gasteiger partial charge >= 0.3 is 0 Å². The predicted molar refractivity (Wildman–Crippen MR) is 68.8 cm³/mol. The predicted octanol–water partition coefficient (Wildman–Crippen LogP) is 1.14. The Morgan fingerprint density at radius 2 is 2.06 bits per heavy atom. The molecule has 100 valence electrons. The molecule has 0 bridgehead atoms. The number of carbonyl (C=O) groups is 1. The lowest BCUT2D eigenvalue weighted by Gasteiger charge is -2.32. The summed E-state index contributed by atoms with van der Waals surface area (Å²) in [6, 6.07) is 0.378. The van der Waals surface area contributed by atoms with Gasteiger partial charge in [0.2, 0.25) is 5.91 Å². The van der Waals surface area contributed by atoms with Gasteiger partial charge in [-0.25, -0.2) is 0 Å². The maximum absolute atomic E-state index is 11.5. The normalized spacial score (nSPS) is 18.2. The highest BCUT2D eigenvalue weighted by Gasteiger charge is 2.19. The minimum atomic E-state index is 0.200. The van der Waals surface area contributed by atoms with Crippen LogP contribution in [0.1, 0.15) is 45.4 Å². The van der Waals surface area contributed by atoms with Crippen molar-refractivity contribution in [1.82, 2.24) is 10.2 Å². The van der Waals surface area contributed by atoms with Crippen LogP contribution in [0.3, 0.4) is 0 Å². The van der Waals surface area contributed by atoms with Crippen molar-refractivity contribution in [2.75, 3.05) is 26.2 Å². The van der Waals surface area contributed by atoms with Crippen molar-refractivity contribution in [3.05, 3.63) is 0 Å². The van der Waals surface area contributed by atoms with Gasteiger partial charge in [0.05, 0.1) is 0 Å². The van der Waals surface area contributed by atoms with Crippen molar-refractivity contribution in [3.8, 4) is 0 Å². The van der Waals surface area contributed by atoms with Gasteiger partial charge in [-0.2, -0.15) is 0 Å². The Balaban J connectivity index is 2.10. The van der Waals surface area contributed by atoms with Gasteiger partial charge in [0.25, 0.3) is 0 Å². The molecule has 0 aromatic heterocycles. The number of nitrogens with one attached hydrogen (secondary N) is 1. The van der Waals surface area contributed by atoms with Crippen LogP contribution in [0, 0.1) is 0 Å². The van der Waals surface area contributed by atoms with Crippen LogP contribution in [-0.2, 0) is 4.79 Å². The maximum atomic E-state index is 11.5. The first kappa shape index (κ1) is 14.5. The maximum Gasteiger partial charge on any atom is 0.220 e. The summed E-state index contributed by atoms with van der Waals surface area (Å²) >= 11 is 0. The van der Waals surface area contributed by atoms with Gasteiger partial charge in [0.1, 0.15) is 0 Å². The van der Waals surface area contributed by atoms with E-state index in [1.54, 1.807) is 0 Å². The lowest BCUT2D eigenvalue weighted by Crippen LogP contribution is -2.44. The van der Waals surface area contributed by atoms with Crippen molar-refractivity contribution in [1.29, 1.82) is 0 Å². The highest BCUT2D eigenvalue weighted by atomic mass is 16.2. The molecule has 1 heterocycles. The van der Waals surface area contributed by atoms with Gasteiger partial charge in [-0.3, -0.25) is 4.79 Å². The molecule has 0 aromatic carbocycles. The molecule has 0 unspecified atom stereocenters. The fraction of sp³-hybridized carbons (Fsp3) is 0.923. The molecule has 1 fully saturated rings. The van der Waals surface area contributed by atoms with E-state index in [0.717, 1.165) is 51.7 Å². The van der Waals surface area contributed by atoms with Crippen molar-refractivity contribution < 1.29 is 9.90 Å². The summed E-state index contributed by atoms with van der Waals surface area (Å²) in [6.45, 7) is 5.55. The number of hydrogen-bond donors (Lipinski definition) is 2. The summed E-state index contributed by atoms with van der Waals surface area (Å²) in [5.41, 5.74) is 0. The van der Waals surface area contributed by atoms with E-state index in [1.807, 2.05) is 6.92 Å². The molecule has 1 amide bonds. The number of aliphatic hydroxyl groups is 1. The average Bonchev–Trinajstić information content (AvgIpc) is 2.32. The third-order valence-corrected chi connectivity index (χ3v) is 3.31. The first-order valence-electron chi connectivity index (χ1n) is 6.88. The number of unbranched alkanes of at least 4 members (excludes halogenated alkanes) is 1. The standard InChI is InChI=1S/C13H26N2O2/c1-2-5-13(17)14-12-6-9-15(10-7-12)8-3-4-11-16/h12,16H,2-11H2,1H3,(H,14,17). The minimum Gasteiger partial charge on any atom is -0.396 e. The Kier molecular flexibility index (Phi) is 7.21. The second-order valence-corrected chi connectivity index (χ2v) is 4.86. The Morgan fingerprint density at radius 1 is 1.35 bits per heavy atom. The summed E-state index contributed by atoms with van der Waals surface area (Å²) < 4.78 is 0. The highest BCUT2D eigenvalue weighted by Crippen LogP contribution is 2.11. The minimum absolute atomic E-state index is 0.200. The van der Waals surface area contributed by atoms with Gasteiger partial charge in [-0.05, 0) is 38.6 Å². The van der Waals surface area contributed by atoms with Crippen molar-refractivity contribution in [3.63, 3.8) is 0 Å². The van der Waals surface area contributed by atoms with E-state index < -0.39 is 0 Å². The molecule has 2 N–H and O–H groups in total. The summed E-state index contributed by atoms with van der Waals surface area (Å²) in [5, 5.41) is 11.8. The molecule has 0 aromatic rings. The van der Waals surface area contributed by atoms with Crippen LogP contribution >= 0.6 is 0 Å². The molecule has 4 nitrogen and oxygen atoms in total. The number of hydrogen-bond acceptors (Lipinski definition) is 3. The molecule has 4 heteroatoms. The molecule has 0 atom stereocenters. The lowest BCUT2D eigenvalue weighted by atomic mass is 10.0. The first-order valence-corrected chi connectivity index (χ1v) is 6.88. The number of aliphatic hydroxyl groups excluding tert-OH is 1. The molecular formula is C13H26N2O2. The quantitative estimate of drug-likeness (QED) is 0.658. The zero-order valence-electron chi connectivity index (χ0n) is 11.0. The number of nitrogens with zero attached hydrogens (tertiary/aromatic N) is 1. The van der Waals surface area contributed by atoms with Crippen molar-refractivity contribution >= 4 is 5.91 Å². The smallest absolute Gasteiger partial charge is 0.220 e. The molecule has 17 heavy (non-hydrogen) atoms. The van der Waals surface area contributed by atoms with Crippen LogP contribution in [0.2, 0.25) is 0 Å². The molecule has 0 saturated carbocycles. The fourth-order valence-electron chi connectivity index (χ4n) is 2.28. The topological polar surface area (TPSA) is 52.6 Å². The van der Waals surface area contributed by atoms with E-state index in [2.05, 4.69) is 10.2 Å². The molecular weight excluding hydrogens is 216 g/mol. The number of piperidine rings is 1. The fourth-order valence-corrected chi connectivity index (χ4v) is 2.28. The van der Waals surface area contributed by atoms with Crippen LogP contribution in [0.4, 0.5) is 0 Å². The molecule has 0 aliphatic carbocycles. The highest BCUT2D eigenvalue weighted by molar-refractivity contribution is 5.76. The molecule has 1 rings (SSSR count). The second kappa shape index (κ2) is 8.48. The van der Waals surface area contributed by atoms with Gasteiger partial charge in [-0.15, -0.1) is 0 Å². The summed E-state index contributed by atoms with van der Waals surface area (Å²) in [7, 11) is 0. The molecule has 1 aliphatic heterocycles. The van der Waals surface area contributed by atoms with E-state index in [4.69, 9.17) is 5.11 Å². The lowest BCUT2D eigenvalue weighted by molar-refractivity contribution is -0.122. The first-order chi connectivity index (χ1) is 8.26. The molecule has 1 saturated heterocycles. The third kappa shape index (κ3) is 6.03.